The highest BCUT2D eigenvalue weighted by molar-refractivity contribution is 6.35. The highest BCUT2D eigenvalue weighted by Gasteiger charge is 2.58. The lowest BCUT2D eigenvalue weighted by molar-refractivity contribution is -0.126. The van der Waals surface area contributed by atoms with Gasteiger partial charge in [-0.15, -0.1) is 11.6 Å². The van der Waals surface area contributed by atoms with Gasteiger partial charge in [-0.2, -0.15) is 0 Å². The number of piperidine rings is 1. The quantitative estimate of drug-likeness (QED) is 0.668. The van der Waals surface area contributed by atoms with E-state index in [0.717, 1.165) is 38.0 Å². The molecule has 2 aromatic carbocycles. The van der Waals surface area contributed by atoms with Gasteiger partial charge in [0.05, 0.1) is 0 Å². The highest BCUT2D eigenvalue weighted by Crippen LogP contribution is 2.49. The van der Waals surface area contributed by atoms with Gasteiger partial charge in [0.25, 0.3) is 0 Å². The average molecular weight is 423 g/mol. The molecule has 30 heavy (non-hydrogen) atoms. The molecule has 5 rings (SSSR count). The Morgan fingerprint density at radius 1 is 0.933 bits per heavy atom. The molecular weight excluding hydrogens is 392 g/mol. The third-order valence-electron chi connectivity index (χ3n) is 7.51. The third-order valence-corrected chi connectivity index (χ3v) is 8.21. The van der Waals surface area contributed by atoms with Crippen LogP contribution in [0.3, 0.4) is 0 Å². The topological polar surface area (TPSA) is 32.3 Å². The van der Waals surface area contributed by atoms with Crippen LogP contribution in [0.1, 0.15) is 43.2 Å². The molecule has 2 saturated carbocycles. The van der Waals surface area contributed by atoms with Gasteiger partial charge in [0, 0.05) is 25.7 Å². The second kappa shape index (κ2) is 8.36. The van der Waals surface area contributed by atoms with Crippen LogP contribution in [0, 0.1) is 17.8 Å². The molecule has 0 radical (unpaired) electrons. The number of fused-ring (bicyclic) bond motifs is 1. The minimum atomic E-state index is -0.942. The molecule has 3 nitrogen and oxygen atoms in total. The molecule has 0 aromatic heterocycles. The summed E-state index contributed by atoms with van der Waals surface area (Å²) in [6.45, 7) is 3.13. The summed E-state index contributed by atoms with van der Waals surface area (Å²) in [5.74, 6) is 1.38. The van der Waals surface area contributed by atoms with Gasteiger partial charge >= 0.3 is 0 Å². The Hall–Kier alpha value is -1.84. The second-order valence-electron chi connectivity index (χ2n) is 9.42. The monoisotopic (exact) mass is 422 g/mol. The van der Waals surface area contributed by atoms with Gasteiger partial charge in [0.1, 0.15) is 0 Å². The number of hydrogen-bond donors (Lipinski definition) is 1. The number of alkyl halides is 1. The summed E-state index contributed by atoms with van der Waals surface area (Å²) in [7, 11) is 0. The van der Waals surface area contributed by atoms with Crippen LogP contribution in [0.15, 0.2) is 60.7 Å². The van der Waals surface area contributed by atoms with Crippen molar-refractivity contribution in [1.82, 2.24) is 10.2 Å². The van der Waals surface area contributed by atoms with Crippen LogP contribution in [0.25, 0.3) is 0 Å². The van der Waals surface area contributed by atoms with Crippen LogP contribution in [-0.4, -0.2) is 29.9 Å². The lowest BCUT2D eigenvalue weighted by Crippen LogP contribution is -2.48. The van der Waals surface area contributed by atoms with E-state index in [0.29, 0.717) is 11.8 Å². The predicted molar refractivity (Wildman–Crippen MR) is 121 cm³/mol. The molecule has 2 aliphatic carbocycles. The van der Waals surface area contributed by atoms with Crippen molar-refractivity contribution in [1.29, 1.82) is 0 Å². The largest absolute Gasteiger partial charge is 0.351 e. The van der Waals surface area contributed by atoms with Crippen molar-refractivity contribution in [2.45, 2.75) is 49.6 Å². The van der Waals surface area contributed by atoms with Crippen molar-refractivity contribution in [3.8, 4) is 0 Å². The standard InChI is InChI=1S/C26H31ClN2O/c27-26(20-12-6-2-7-13-20,21-14-8-3-9-15-21)25(30)28-24-22-17-29(18-23(22)24)16-19-10-4-1-5-11-19/h1-2,4-7,10-13,21-24H,3,8-9,14-18H2,(H,28,30)/t22-,23?,24?,26?/m0/s1. The molecule has 1 saturated heterocycles. The van der Waals surface area contributed by atoms with Gasteiger partial charge in [-0.3, -0.25) is 9.69 Å². The average Bonchev–Trinajstić information content (AvgIpc) is 3.24. The number of carbonyl (C=O) groups excluding carboxylic acids is 1. The summed E-state index contributed by atoms with van der Waals surface area (Å²) in [6, 6.07) is 21.0. The van der Waals surface area contributed by atoms with E-state index in [4.69, 9.17) is 11.6 Å². The van der Waals surface area contributed by atoms with Crippen LogP contribution in [0.2, 0.25) is 0 Å². The van der Waals surface area contributed by atoms with Gasteiger partial charge in [-0.05, 0) is 41.7 Å². The Morgan fingerprint density at radius 3 is 2.17 bits per heavy atom. The molecule has 158 valence electrons. The first-order valence-electron chi connectivity index (χ1n) is 11.5. The van der Waals surface area contributed by atoms with E-state index in [2.05, 4.69) is 40.5 Å². The zero-order chi connectivity index (χ0) is 20.6. The first kappa shape index (κ1) is 20.1. The predicted octanol–water partition coefficient (Wildman–Crippen LogP) is 4.95. The minimum absolute atomic E-state index is 0.0243. The molecule has 2 aromatic rings. The van der Waals surface area contributed by atoms with Gasteiger partial charge in [0.15, 0.2) is 4.87 Å². The minimum Gasteiger partial charge on any atom is -0.351 e. The zero-order valence-corrected chi connectivity index (χ0v) is 18.2. The van der Waals surface area contributed by atoms with Crippen LogP contribution in [0.4, 0.5) is 0 Å². The summed E-state index contributed by atoms with van der Waals surface area (Å²) in [5.41, 5.74) is 2.31. The summed E-state index contributed by atoms with van der Waals surface area (Å²) in [4.78, 5) is 15.1. The van der Waals surface area contributed by atoms with Crippen molar-refractivity contribution in [2.24, 2.45) is 17.8 Å². The second-order valence-corrected chi connectivity index (χ2v) is 10.0. The number of amides is 1. The lowest BCUT2D eigenvalue weighted by atomic mass is 9.75. The van der Waals surface area contributed by atoms with Gasteiger partial charge in [0.2, 0.25) is 5.91 Å². The van der Waals surface area contributed by atoms with E-state index in [9.17, 15) is 4.79 Å². The van der Waals surface area contributed by atoms with E-state index in [-0.39, 0.29) is 17.9 Å². The van der Waals surface area contributed by atoms with E-state index in [1.165, 1.54) is 24.8 Å². The van der Waals surface area contributed by atoms with Gasteiger partial charge in [-0.25, -0.2) is 0 Å². The number of rotatable bonds is 6. The number of benzene rings is 2. The SMILES string of the molecule is O=C(NC1C2CN(Cc3ccccc3)C[C@@H]21)C(Cl)(c1ccccc1)C1CCCCC1. The van der Waals surface area contributed by atoms with Crippen LogP contribution in [0.5, 0.6) is 0 Å². The zero-order valence-electron chi connectivity index (χ0n) is 17.5. The normalized spacial score (nSPS) is 28.5. The number of likely N-dealkylation sites (tertiary alicyclic amines) is 1. The lowest BCUT2D eigenvalue weighted by Gasteiger charge is -2.37. The van der Waals surface area contributed by atoms with E-state index in [1.54, 1.807) is 0 Å². The fraction of sp³-hybridized carbons (Fsp3) is 0.500. The Bertz CT molecular complexity index is 855. The van der Waals surface area contributed by atoms with Crippen LogP contribution < -0.4 is 5.32 Å². The number of halogens is 1. The fourth-order valence-corrected chi connectivity index (χ4v) is 6.19. The Kier molecular flexibility index (Phi) is 5.59. The van der Waals surface area contributed by atoms with E-state index >= 15 is 0 Å². The Labute approximate surface area is 184 Å². The summed E-state index contributed by atoms with van der Waals surface area (Å²) < 4.78 is 0. The van der Waals surface area contributed by atoms with Gasteiger partial charge in [-0.1, -0.05) is 79.9 Å². The summed E-state index contributed by atoms with van der Waals surface area (Å²) in [5, 5.41) is 3.38. The van der Waals surface area contributed by atoms with Crippen LogP contribution >= 0.6 is 11.6 Å². The highest BCUT2D eigenvalue weighted by atomic mass is 35.5. The molecule has 3 unspecified atom stereocenters. The van der Waals surface area contributed by atoms with Crippen molar-refractivity contribution >= 4 is 17.5 Å². The molecule has 3 fully saturated rings. The molecule has 4 heteroatoms. The number of nitrogens with zero attached hydrogens (tertiary/aromatic N) is 1. The number of carbonyl (C=O) groups is 1. The van der Waals surface area contributed by atoms with E-state index < -0.39 is 4.87 Å². The van der Waals surface area contributed by atoms with Gasteiger partial charge < -0.3 is 5.32 Å². The smallest absolute Gasteiger partial charge is 0.246 e. The first-order chi connectivity index (χ1) is 14.7. The Morgan fingerprint density at radius 2 is 1.53 bits per heavy atom. The molecule has 1 heterocycles. The molecule has 0 spiro atoms. The maximum atomic E-state index is 13.6. The van der Waals surface area contributed by atoms with Crippen molar-refractivity contribution < 1.29 is 4.79 Å². The Balaban J connectivity index is 1.24. The molecular formula is C26H31ClN2O. The summed E-state index contributed by atoms with van der Waals surface area (Å²) in [6.07, 6.45) is 5.66. The molecule has 1 N–H and O–H groups in total. The van der Waals surface area contributed by atoms with Crippen molar-refractivity contribution in [2.75, 3.05) is 13.1 Å². The molecule has 3 aliphatic rings. The molecule has 1 amide bonds. The maximum Gasteiger partial charge on any atom is 0.246 e. The third kappa shape index (κ3) is 3.78. The number of hydrogen-bond acceptors (Lipinski definition) is 2. The van der Waals surface area contributed by atoms with Crippen molar-refractivity contribution in [3.63, 3.8) is 0 Å². The van der Waals surface area contributed by atoms with Crippen molar-refractivity contribution in [3.05, 3.63) is 71.8 Å². The summed E-state index contributed by atoms with van der Waals surface area (Å²) >= 11 is 7.24. The fourth-order valence-electron chi connectivity index (χ4n) is 5.79. The van der Waals surface area contributed by atoms with E-state index in [1.807, 2.05) is 30.3 Å². The maximum absolute atomic E-state index is 13.6. The molecule has 0 bridgehead atoms. The van der Waals surface area contributed by atoms with Crippen LogP contribution in [-0.2, 0) is 16.2 Å². The molecule has 1 aliphatic heterocycles. The molecule has 4 atom stereocenters. The first-order valence-corrected chi connectivity index (χ1v) is 11.9. The number of nitrogens with one attached hydrogen (secondary N) is 1.